The molecule has 2 aliphatic carbocycles. The predicted octanol–water partition coefficient (Wildman–Crippen LogP) is 4.48. The Hall–Kier alpha value is -2.46. The van der Waals surface area contributed by atoms with Crippen LogP contribution in [0.25, 0.3) is 0 Å². The fourth-order valence-electron chi connectivity index (χ4n) is 4.83. The third-order valence-electron chi connectivity index (χ3n) is 6.46. The topological polar surface area (TPSA) is 79.5 Å². The highest BCUT2D eigenvalue weighted by Gasteiger charge is 2.50. The molecule has 0 saturated heterocycles. The maximum atomic E-state index is 15.0. The van der Waals surface area contributed by atoms with Gasteiger partial charge in [0.15, 0.2) is 0 Å². The summed E-state index contributed by atoms with van der Waals surface area (Å²) < 4.78 is 40.8. The summed E-state index contributed by atoms with van der Waals surface area (Å²) in [4.78, 5) is 11.9. The van der Waals surface area contributed by atoms with Gasteiger partial charge in [0.1, 0.15) is 17.4 Å². The molecule has 4 rings (SSSR count). The van der Waals surface area contributed by atoms with E-state index in [-0.39, 0.29) is 29.2 Å². The van der Waals surface area contributed by atoms with Crippen molar-refractivity contribution in [3.05, 3.63) is 46.7 Å². The number of hydrogen-bond donors (Lipinski definition) is 1. The van der Waals surface area contributed by atoms with E-state index >= 15 is 0 Å². The van der Waals surface area contributed by atoms with Gasteiger partial charge in [-0.25, -0.2) is 13.6 Å². The van der Waals surface area contributed by atoms with Crippen molar-refractivity contribution in [2.75, 3.05) is 0 Å². The minimum atomic E-state index is -1.61. The van der Waals surface area contributed by atoms with Crippen molar-refractivity contribution >= 4 is 5.97 Å². The van der Waals surface area contributed by atoms with Crippen LogP contribution in [0.2, 0.25) is 0 Å². The van der Waals surface area contributed by atoms with Crippen LogP contribution >= 0.6 is 0 Å². The number of cyclic esters (lactones) is 1. The van der Waals surface area contributed by atoms with Crippen molar-refractivity contribution in [2.45, 2.75) is 75.6 Å². The molecule has 30 heavy (non-hydrogen) atoms. The molecule has 1 N–H and O–H groups in total. The average molecular weight is 417 g/mol. The molecule has 1 unspecified atom stereocenters. The van der Waals surface area contributed by atoms with Gasteiger partial charge in [-0.05, 0) is 49.3 Å². The number of carbonyl (C=O) groups excluding carboxylic acids is 1. The molecular weight excluding hydrogens is 392 g/mol. The summed E-state index contributed by atoms with van der Waals surface area (Å²) in [7, 11) is 0. The molecule has 160 valence electrons. The molecule has 2 saturated carbocycles. The second-order valence-electron chi connectivity index (χ2n) is 9.12. The SMILES string of the molecule is CC1(C)OC(=O)C=C(CC(O)(c2cc(F)c(C3(C#N)CC3)c(F)c2)C2CCCC2)O1. The van der Waals surface area contributed by atoms with Crippen LogP contribution in [0.4, 0.5) is 8.78 Å². The van der Waals surface area contributed by atoms with Gasteiger partial charge in [0, 0.05) is 25.8 Å². The fraction of sp³-hybridized carbons (Fsp3) is 0.565. The third-order valence-corrected chi connectivity index (χ3v) is 6.46. The maximum absolute atomic E-state index is 15.0. The van der Waals surface area contributed by atoms with Crippen LogP contribution in [0.5, 0.6) is 0 Å². The Morgan fingerprint density at radius 3 is 2.30 bits per heavy atom. The molecular formula is C23H25F2NO4. The average Bonchev–Trinajstić information content (AvgIpc) is 3.21. The van der Waals surface area contributed by atoms with Crippen LogP contribution in [-0.4, -0.2) is 16.9 Å². The number of benzene rings is 1. The molecule has 1 aromatic carbocycles. The number of hydrogen-bond acceptors (Lipinski definition) is 5. The highest BCUT2D eigenvalue weighted by Crippen LogP contribution is 2.51. The minimum absolute atomic E-state index is 0.0994. The van der Waals surface area contributed by atoms with Crippen LogP contribution in [0.15, 0.2) is 24.0 Å². The van der Waals surface area contributed by atoms with E-state index < -0.39 is 34.4 Å². The quantitative estimate of drug-likeness (QED) is 0.715. The number of nitriles is 1. The minimum Gasteiger partial charge on any atom is -0.457 e. The van der Waals surface area contributed by atoms with Gasteiger partial charge in [-0.15, -0.1) is 0 Å². The Morgan fingerprint density at radius 1 is 1.20 bits per heavy atom. The fourth-order valence-corrected chi connectivity index (χ4v) is 4.83. The van der Waals surface area contributed by atoms with Crippen molar-refractivity contribution in [1.82, 2.24) is 0 Å². The van der Waals surface area contributed by atoms with Crippen LogP contribution in [0.1, 0.15) is 69.9 Å². The lowest BCUT2D eigenvalue weighted by Crippen LogP contribution is -2.39. The van der Waals surface area contributed by atoms with Gasteiger partial charge in [0.2, 0.25) is 5.79 Å². The van der Waals surface area contributed by atoms with Gasteiger partial charge >= 0.3 is 5.97 Å². The van der Waals surface area contributed by atoms with Gasteiger partial charge in [-0.2, -0.15) is 5.26 Å². The zero-order valence-corrected chi connectivity index (χ0v) is 17.1. The third kappa shape index (κ3) is 3.58. The summed E-state index contributed by atoms with van der Waals surface area (Å²) in [5, 5.41) is 21.1. The maximum Gasteiger partial charge on any atom is 0.337 e. The number of esters is 1. The number of nitrogens with zero attached hydrogens (tertiary/aromatic N) is 1. The zero-order chi connectivity index (χ0) is 21.7. The number of aliphatic hydroxyl groups is 1. The lowest BCUT2D eigenvalue weighted by molar-refractivity contribution is -0.209. The molecule has 7 heteroatoms. The number of halogens is 2. The second kappa shape index (κ2) is 7.05. The van der Waals surface area contributed by atoms with Gasteiger partial charge in [0.05, 0.1) is 23.2 Å². The molecule has 0 bridgehead atoms. The summed E-state index contributed by atoms with van der Waals surface area (Å²) >= 11 is 0. The molecule has 1 aromatic rings. The van der Waals surface area contributed by atoms with E-state index in [9.17, 15) is 23.9 Å². The summed E-state index contributed by atoms with van der Waals surface area (Å²) in [6.45, 7) is 3.16. The van der Waals surface area contributed by atoms with Gasteiger partial charge < -0.3 is 14.6 Å². The molecule has 0 amide bonds. The Balaban J connectivity index is 1.75. The Labute approximate surface area is 174 Å². The van der Waals surface area contributed by atoms with E-state index in [2.05, 4.69) is 0 Å². The normalized spacial score (nSPS) is 24.3. The van der Waals surface area contributed by atoms with Crippen LogP contribution in [0, 0.1) is 28.9 Å². The van der Waals surface area contributed by atoms with E-state index in [1.54, 1.807) is 13.8 Å². The molecule has 1 heterocycles. The monoisotopic (exact) mass is 417 g/mol. The summed E-state index contributed by atoms with van der Waals surface area (Å²) in [6.07, 6.45) is 5.11. The number of carbonyl (C=O) groups is 1. The van der Waals surface area contributed by atoms with E-state index in [4.69, 9.17) is 9.47 Å². The molecule has 0 radical (unpaired) electrons. The first-order valence-corrected chi connectivity index (χ1v) is 10.3. The molecule has 0 aromatic heterocycles. The first-order chi connectivity index (χ1) is 14.1. The highest BCUT2D eigenvalue weighted by atomic mass is 19.1. The van der Waals surface area contributed by atoms with Crippen molar-refractivity contribution < 1.29 is 28.2 Å². The van der Waals surface area contributed by atoms with Crippen LogP contribution < -0.4 is 0 Å². The highest BCUT2D eigenvalue weighted by molar-refractivity contribution is 5.83. The molecule has 1 aliphatic heterocycles. The number of ether oxygens (including phenoxy) is 2. The molecule has 3 aliphatic rings. The lowest BCUT2D eigenvalue weighted by atomic mass is 9.76. The Bertz CT molecular complexity index is 931. The van der Waals surface area contributed by atoms with Crippen molar-refractivity contribution in [3.63, 3.8) is 0 Å². The van der Waals surface area contributed by atoms with E-state index in [1.165, 1.54) is 6.08 Å². The Morgan fingerprint density at radius 2 is 1.80 bits per heavy atom. The summed E-state index contributed by atoms with van der Waals surface area (Å²) in [5.41, 5.74) is -2.84. The van der Waals surface area contributed by atoms with Gasteiger partial charge in [-0.3, -0.25) is 0 Å². The van der Waals surface area contributed by atoms with E-state index in [0.717, 1.165) is 25.0 Å². The standard InChI is InChI=1S/C23H25F2NO4/c1-21(2)29-16(11-19(27)30-21)12-23(28,14-5-3-4-6-14)15-9-17(24)20(18(25)10-15)22(13-26)7-8-22/h9-11,14,28H,3-8,12H2,1-2H3. The first-order valence-electron chi connectivity index (χ1n) is 10.3. The second-order valence-corrected chi connectivity index (χ2v) is 9.12. The van der Waals surface area contributed by atoms with Crippen LogP contribution in [0.3, 0.4) is 0 Å². The smallest absolute Gasteiger partial charge is 0.337 e. The van der Waals surface area contributed by atoms with Crippen LogP contribution in [-0.2, 0) is 25.3 Å². The molecule has 1 atom stereocenters. The zero-order valence-electron chi connectivity index (χ0n) is 17.1. The largest absolute Gasteiger partial charge is 0.457 e. The van der Waals surface area contributed by atoms with Crippen molar-refractivity contribution in [1.29, 1.82) is 5.26 Å². The number of rotatable bonds is 5. The first kappa shape index (κ1) is 20.8. The molecule has 5 nitrogen and oxygen atoms in total. The summed E-state index contributed by atoms with van der Waals surface area (Å²) in [6, 6.07) is 4.30. The summed E-state index contributed by atoms with van der Waals surface area (Å²) in [5.74, 6) is -3.45. The van der Waals surface area contributed by atoms with Crippen molar-refractivity contribution in [2.24, 2.45) is 5.92 Å². The van der Waals surface area contributed by atoms with Crippen molar-refractivity contribution in [3.8, 4) is 6.07 Å². The lowest BCUT2D eigenvalue weighted by Gasteiger charge is -2.38. The Kier molecular flexibility index (Phi) is 4.89. The van der Waals surface area contributed by atoms with E-state index in [1.807, 2.05) is 6.07 Å². The van der Waals surface area contributed by atoms with E-state index in [0.29, 0.717) is 25.7 Å². The van der Waals surface area contributed by atoms with Gasteiger partial charge in [-0.1, -0.05) is 12.8 Å². The van der Waals surface area contributed by atoms with Gasteiger partial charge in [0.25, 0.3) is 0 Å². The molecule has 2 fully saturated rings. The molecule has 0 spiro atoms. The predicted molar refractivity (Wildman–Crippen MR) is 103 cm³/mol.